The summed E-state index contributed by atoms with van der Waals surface area (Å²) >= 11 is -7.53. The molecule has 0 aliphatic carbocycles. The van der Waals surface area contributed by atoms with Crippen LogP contribution in [0.5, 0.6) is 0 Å². The quantitative estimate of drug-likeness (QED) is 0.400. The normalized spacial score (nSPS) is 7.80. The van der Waals surface area contributed by atoms with Gasteiger partial charge >= 0.3 is 42.1 Å². The van der Waals surface area contributed by atoms with Crippen molar-refractivity contribution in [3.05, 3.63) is 0 Å². The minimum Gasteiger partial charge on any atom is -0.396 e. The zero-order valence-electron chi connectivity index (χ0n) is 5.28. The summed E-state index contributed by atoms with van der Waals surface area (Å²) in [6, 6.07) is 0. The van der Waals surface area contributed by atoms with Crippen molar-refractivity contribution >= 4 is 0 Å². The van der Waals surface area contributed by atoms with E-state index in [2.05, 4.69) is 0 Å². The van der Waals surface area contributed by atoms with E-state index in [1.165, 1.54) is 0 Å². The van der Waals surface area contributed by atoms with E-state index in [0.717, 1.165) is 0 Å². The lowest BCUT2D eigenvalue weighted by molar-refractivity contribution is -1.63. The summed E-state index contributed by atoms with van der Waals surface area (Å²) in [5.74, 6) is 0. The molecule has 0 amide bonds. The van der Waals surface area contributed by atoms with Crippen molar-refractivity contribution in [3.63, 3.8) is 0 Å². The Morgan fingerprint density at radius 1 is 0.800 bits per heavy atom. The second kappa shape index (κ2) is 16.7. The van der Waals surface area contributed by atoms with E-state index >= 15 is 0 Å². The van der Waals surface area contributed by atoms with Crippen LogP contribution in [0.1, 0.15) is 13.8 Å². The Labute approximate surface area is 76.2 Å². The summed E-state index contributed by atoms with van der Waals surface area (Å²) in [5.41, 5.74) is 0. The van der Waals surface area contributed by atoms with Gasteiger partial charge in [0.05, 0.1) is 0 Å². The van der Waals surface area contributed by atoms with Crippen LogP contribution >= 0.6 is 0 Å². The first-order chi connectivity index (χ1) is 4.46. The van der Waals surface area contributed by atoms with E-state index in [1.54, 1.807) is 0 Å². The van der Waals surface area contributed by atoms with Crippen LogP contribution in [0.15, 0.2) is 0 Å². The number of halogens is 2. The van der Waals surface area contributed by atoms with Gasteiger partial charge in [-0.25, -0.2) is 0 Å². The van der Waals surface area contributed by atoms with Crippen LogP contribution in [0, 0.1) is 0 Å². The highest BCUT2D eigenvalue weighted by atomic mass is 127. The Kier molecular flexibility index (Phi) is 28.9. The van der Waals surface area contributed by atoms with Gasteiger partial charge in [0.1, 0.15) is 0 Å². The molecule has 0 rings (SSSR count). The third-order valence-corrected chi connectivity index (χ3v) is 0. The fourth-order valence-corrected chi connectivity index (χ4v) is 0. The number of hydrogen-bond acceptors (Lipinski definition) is 6. The van der Waals surface area contributed by atoms with Crippen LogP contribution in [0.25, 0.3) is 0 Å². The smallest absolute Gasteiger partial charge is 0.396 e. The highest BCUT2D eigenvalue weighted by Gasteiger charge is 1.90. The fraction of sp³-hybridized carbons (Fsp3) is 1.00. The van der Waals surface area contributed by atoms with Crippen LogP contribution in [0.3, 0.4) is 0 Å². The van der Waals surface area contributed by atoms with Gasteiger partial charge in [-0.2, -0.15) is 0 Å². The molecule has 0 bridgehead atoms. The van der Waals surface area contributed by atoms with Gasteiger partial charge in [0.15, 0.2) is 0 Å². The van der Waals surface area contributed by atoms with Crippen molar-refractivity contribution in [2.24, 2.45) is 0 Å². The van der Waals surface area contributed by atoms with Crippen molar-refractivity contribution in [3.8, 4) is 0 Å². The molecule has 10 heavy (non-hydrogen) atoms. The van der Waals surface area contributed by atoms with Crippen molar-refractivity contribution in [2.45, 2.75) is 13.8 Å². The average Bonchev–Trinajstić information content (AvgIpc) is 1.66. The third kappa shape index (κ3) is 419. The van der Waals surface area contributed by atoms with E-state index in [1.807, 2.05) is 13.8 Å². The summed E-state index contributed by atoms with van der Waals surface area (Å²) in [7, 11) is 0. The molecule has 0 atom stereocenters. The van der Waals surface area contributed by atoms with Gasteiger partial charge in [0.25, 0.3) is 0 Å². The van der Waals surface area contributed by atoms with Crippen molar-refractivity contribution in [1.29, 1.82) is 0 Å². The van der Waals surface area contributed by atoms with Crippen molar-refractivity contribution in [2.75, 3.05) is 0 Å². The largest absolute Gasteiger partial charge is 0.503 e. The predicted molar refractivity (Wildman–Crippen MR) is 15.8 cm³/mol. The van der Waals surface area contributed by atoms with E-state index in [9.17, 15) is 0 Å². The van der Waals surface area contributed by atoms with Gasteiger partial charge in [0.2, 0.25) is 0 Å². The molecule has 66 valence electrons. The first-order valence-electron chi connectivity index (χ1n) is 1.96. The van der Waals surface area contributed by atoms with Crippen LogP contribution in [-0.4, -0.2) is 6.87 Å². The molecule has 0 spiro atoms. The number of hydrogen-bond donors (Lipinski definition) is 2. The maximum absolute atomic E-state index is 8.68. The SMILES string of the molecule is CC.[O-][I+2]([O-])O.[O-][I+2]([O-])O. The lowest BCUT2D eigenvalue weighted by Crippen LogP contribution is -3.98. The minimum absolute atomic E-state index is 2.00. The summed E-state index contributed by atoms with van der Waals surface area (Å²) < 4.78 is 48.9. The molecular formula is C2H8I2O6. The lowest BCUT2D eigenvalue weighted by atomic mass is 11.0. The second-order valence-electron chi connectivity index (χ2n) is 0.402. The predicted octanol–water partition coefficient (Wildman–Crippen LogP) is -10.8. The van der Waals surface area contributed by atoms with Crippen LogP contribution in [0.4, 0.5) is 0 Å². The number of rotatable bonds is 0. The molecule has 0 saturated carbocycles. The van der Waals surface area contributed by atoms with Gasteiger partial charge in [0, 0.05) is 0 Å². The summed E-state index contributed by atoms with van der Waals surface area (Å²) in [5, 5.41) is 0. The minimum atomic E-state index is -3.76. The molecular weight excluding hydrogens is 374 g/mol. The maximum Gasteiger partial charge on any atom is 0.503 e. The van der Waals surface area contributed by atoms with Gasteiger partial charge in [-0.15, -0.1) is 0 Å². The summed E-state index contributed by atoms with van der Waals surface area (Å²) in [6.45, 7) is 4.00. The molecule has 0 heterocycles. The standard InChI is InChI=1S/C2H6.2HIO3/c1-2;2*2-1(3)4/h1-2H3;2*2H. The van der Waals surface area contributed by atoms with Crippen molar-refractivity contribution < 1.29 is 62.7 Å². The molecule has 6 nitrogen and oxygen atoms in total. The molecule has 0 aromatic carbocycles. The summed E-state index contributed by atoms with van der Waals surface area (Å²) in [6.07, 6.45) is 0. The zero-order valence-corrected chi connectivity index (χ0v) is 9.60. The van der Waals surface area contributed by atoms with E-state index in [4.69, 9.17) is 20.6 Å². The molecule has 8 heteroatoms. The fourth-order valence-electron chi connectivity index (χ4n) is 0. The highest BCUT2D eigenvalue weighted by molar-refractivity contribution is 3.50. The zero-order chi connectivity index (χ0) is 9.15. The molecule has 0 unspecified atom stereocenters. The Morgan fingerprint density at radius 2 is 0.800 bits per heavy atom. The molecule has 0 aliphatic heterocycles. The van der Waals surface area contributed by atoms with Crippen LogP contribution < -0.4 is 55.9 Å². The van der Waals surface area contributed by atoms with E-state index in [-0.39, 0.29) is 0 Å². The summed E-state index contributed by atoms with van der Waals surface area (Å²) in [4.78, 5) is 0. The molecule has 0 fully saturated rings. The molecule has 2 N–H and O–H groups in total. The van der Waals surface area contributed by atoms with Gasteiger partial charge < -0.3 is 13.7 Å². The van der Waals surface area contributed by atoms with Gasteiger partial charge in [-0.05, 0) is 6.87 Å². The van der Waals surface area contributed by atoms with E-state index < -0.39 is 42.1 Å². The second-order valence-corrected chi connectivity index (χ2v) is 2.70. The Morgan fingerprint density at radius 3 is 0.800 bits per heavy atom. The third-order valence-electron chi connectivity index (χ3n) is 0. The van der Waals surface area contributed by atoms with Crippen LogP contribution in [0.2, 0.25) is 0 Å². The first-order valence-corrected chi connectivity index (χ1v) is 7.41. The van der Waals surface area contributed by atoms with E-state index in [0.29, 0.717) is 0 Å². The van der Waals surface area contributed by atoms with Gasteiger partial charge in [-0.1, -0.05) is 13.8 Å². The van der Waals surface area contributed by atoms with Gasteiger partial charge in [-0.3, -0.25) is 0 Å². The Balaban J connectivity index is -0.0000000787. The Bertz CT molecular complexity index is 29.2. The molecule has 0 saturated heterocycles. The van der Waals surface area contributed by atoms with Crippen molar-refractivity contribution in [1.82, 2.24) is 0 Å². The molecule has 0 aromatic rings. The Hall–Kier alpha value is 1.22. The average molecular weight is 382 g/mol. The molecule has 0 radical (unpaired) electrons. The molecule has 0 aromatic heterocycles. The maximum atomic E-state index is 8.68. The molecule has 0 aliphatic rings. The monoisotopic (exact) mass is 382 g/mol. The highest BCUT2D eigenvalue weighted by Crippen LogP contribution is 1.14. The van der Waals surface area contributed by atoms with Crippen LogP contribution in [-0.2, 0) is 0 Å². The lowest BCUT2D eigenvalue weighted by Gasteiger charge is -1.67. The first kappa shape index (κ1) is 17.3. The topological polar surface area (TPSA) is 133 Å².